The fraction of sp³-hybridized carbons (Fsp3) is 0.714. The number of hydrogen-bond donors (Lipinski definition) is 1. The third-order valence-corrected chi connectivity index (χ3v) is 3.49. The van der Waals surface area contributed by atoms with E-state index in [9.17, 15) is 5.11 Å². The Labute approximate surface area is 114 Å². The molecule has 0 aliphatic carbocycles. The predicted octanol–water partition coefficient (Wildman–Crippen LogP) is 1.47. The topological polar surface area (TPSA) is 58.5 Å². The normalized spacial score (nSPS) is 23.9. The lowest BCUT2D eigenvalue weighted by Gasteiger charge is -2.29. The average molecular weight is 265 g/mol. The van der Waals surface area contributed by atoms with Crippen LogP contribution in [-0.4, -0.2) is 46.3 Å². The number of likely N-dealkylation sites (tertiary alicyclic amines) is 1. The summed E-state index contributed by atoms with van der Waals surface area (Å²) in [7, 11) is 1.56. The van der Waals surface area contributed by atoms with Crippen molar-refractivity contribution in [2.75, 3.05) is 20.2 Å². The second-order valence-corrected chi connectivity index (χ2v) is 6.10. The number of ether oxygens (including phenoxy) is 1. The van der Waals surface area contributed by atoms with Gasteiger partial charge in [-0.05, 0) is 18.3 Å². The highest BCUT2D eigenvalue weighted by Gasteiger charge is 2.28. The standard InChI is InChI=1S/C14H23N3O2/c1-14(2)6-12(18)4-5-17(10-14)9-11-7-15-13(19-3)16-8-11/h7-8,12,18H,4-6,9-10H2,1-3H3/t12-/m0/s1. The molecule has 1 aromatic heterocycles. The van der Waals surface area contributed by atoms with E-state index in [0.717, 1.165) is 38.0 Å². The first kappa shape index (κ1) is 14.2. The first-order chi connectivity index (χ1) is 8.98. The Morgan fingerprint density at radius 1 is 1.42 bits per heavy atom. The van der Waals surface area contributed by atoms with Crippen LogP contribution in [0.5, 0.6) is 6.01 Å². The summed E-state index contributed by atoms with van der Waals surface area (Å²) in [5.74, 6) is 0. The van der Waals surface area contributed by atoms with Crippen molar-refractivity contribution in [3.05, 3.63) is 18.0 Å². The van der Waals surface area contributed by atoms with Crippen molar-refractivity contribution in [3.63, 3.8) is 0 Å². The molecule has 0 aromatic carbocycles. The molecular weight excluding hydrogens is 242 g/mol. The van der Waals surface area contributed by atoms with Gasteiger partial charge in [0.15, 0.2) is 0 Å². The van der Waals surface area contributed by atoms with Gasteiger partial charge in [0.2, 0.25) is 0 Å². The highest BCUT2D eigenvalue weighted by Crippen LogP contribution is 2.28. The monoisotopic (exact) mass is 265 g/mol. The first-order valence-corrected chi connectivity index (χ1v) is 6.74. The van der Waals surface area contributed by atoms with E-state index in [1.165, 1.54) is 0 Å². The SMILES string of the molecule is COc1ncc(CN2CC[C@H](O)CC(C)(C)C2)cn1. The van der Waals surface area contributed by atoms with Crippen LogP contribution in [-0.2, 0) is 6.54 Å². The maximum absolute atomic E-state index is 9.91. The number of rotatable bonds is 3. The van der Waals surface area contributed by atoms with Gasteiger partial charge in [0.1, 0.15) is 0 Å². The minimum absolute atomic E-state index is 0.142. The molecule has 1 atom stereocenters. The minimum atomic E-state index is -0.188. The van der Waals surface area contributed by atoms with E-state index in [0.29, 0.717) is 6.01 Å². The summed E-state index contributed by atoms with van der Waals surface area (Å²) in [5, 5.41) is 9.91. The van der Waals surface area contributed by atoms with Crippen LogP contribution in [0.1, 0.15) is 32.3 Å². The fourth-order valence-electron chi connectivity index (χ4n) is 2.74. The first-order valence-electron chi connectivity index (χ1n) is 6.74. The molecule has 0 spiro atoms. The number of nitrogens with zero attached hydrogens (tertiary/aromatic N) is 3. The summed E-state index contributed by atoms with van der Waals surface area (Å²) >= 11 is 0. The summed E-state index contributed by atoms with van der Waals surface area (Å²) in [6, 6.07) is 0.398. The lowest BCUT2D eigenvalue weighted by Crippen LogP contribution is -2.32. The van der Waals surface area contributed by atoms with Gasteiger partial charge in [-0.25, -0.2) is 9.97 Å². The highest BCUT2D eigenvalue weighted by atomic mass is 16.5. The predicted molar refractivity (Wildman–Crippen MR) is 72.9 cm³/mol. The van der Waals surface area contributed by atoms with Crippen molar-refractivity contribution in [1.29, 1.82) is 0 Å². The Morgan fingerprint density at radius 3 is 2.74 bits per heavy atom. The molecule has 106 valence electrons. The van der Waals surface area contributed by atoms with Gasteiger partial charge in [-0.15, -0.1) is 0 Å². The fourth-order valence-corrected chi connectivity index (χ4v) is 2.74. The van der Waals surface area contributed by atoms with Crippen LogP contribution < -0.4 is 4.74 Å². The molecule has 0 saturated carbocycles. The zero-order valence-electron chi connectivity index (χ0n) is 12.0. The number of aliphatic hydroxyl groups is 1. The Kier molecular flexibility index (Phi) is 4.37. The van der Waals surface area contributed by atoms with Crippen molar-refractivity contribution in [2.45, 2.75) is 39.3 Å². The van der Waals surface area contributed by atoms with Crippen molar-refractivity contribution in [3.8, 4) is 6.01 Å². The van der Waals surface area contributed by atoms with Crippen molar-refractivity contribution < 1.29 is 9.84 Å². The van der Waals surface area contributed by atoms with E-state index in [1.54, 1.807) is 19.5 Å². The average Bonchev–Trinajstić information content (AvgIpc) is 2.48. The molecule has 1 N–H and O–H groups in total. The summed E-state index contributed by atoms with van der Waals surface area (Å²) in [6.45, 7) is 7.13. The molecule has 0 unspecified atom stereocenters. The maximum Gasteiger partial charge on any atom is 0.316 e. The van der Waals surface area contributed by atoms with Gasteiger partial charge in [-0.1, -0.05) is 13.8 Å². The maximum atomic E-state index is 9.91. The van der Waals surface area contributed by atoms with Gasteiger partial charge in [0.25, 0.3) is 0 Å². The molecule has 2 heterocycles. The largest absolute Gasteiger partial charge is 0.467 e. The molecule has 2 rings (SSSR count). The number of aliphatic hydroxyl groups excluding tert-OH is 1. The van der Waals surface area contributed by atoms with Gasteiger partial charge >= 0.3 is 6.01 Å². The van der Waals surface area contributed by atoms with Gasteiger partial charge in [-0.2, -0.15) is 0 Å². The Morgan fingerprint density at radius 2 is 2.11 bits per heavy atom. The molecule has 0 bridgehead atoms. The molecule has 19 heavy (non-hydrogen) atoms. The second kappa shape index (κ2) is 5.84. The molecule has 1 aliphatic heterocycles. The molecular formula is C14H23N3O2. The van der Waals surface area contributed by atoms with Crippen molar-refractivity contribution in [2.24, 2.45) is 5.41 Å². The molecule has 1 fully saturated rings. The van der Waals surface area contributed by atoms with Gasteiger partial charge < -0.3 is 9.84 Å². The van der Waals surface area contributed by atoms with Crippen molar-refractivity contribution >= 4 is 0 Å². The molecule has 1 aliphatic rings. The molecule has 0 radical (unpaired) electrons. The van der Waals surface area contributed by atoms with Crippen LogP contribution in [0.4, 0.5) is 0 Å². The van der Waals surface area contributed by atoms with Gasteiger partial charge in [0, 0.05) is 37.6 Å². The Balaban J connectivity index is 2.00. The van der Waals surface area contributed by atoms with E-state index in [1.807, 2.05) is 0 Å². The van der Waals surface area contributed by atoms with Crippen LogP contribution in [0.25, 0.3) is 0 Å². The third-order valence-electron chi connectivity index (χ3n) is 3.49. The zero-order valence-corrected chi connectivity index (χ0v) is 12.0. The molecule has 5 nitrogen and oxygen atoms in total. The molecule has 5 heteroatoms. The lowest BCUT2D eigenvalue weighted by atomic mass is 9.87. The van der Waals surface area contributed by atoms with Crippen LogP contribution in [0.15, 0.2) is 12.4 Å². The molecule has 1 saturated heterocycles. The van der Waals surface area contributed by atoms with E-state index in [4.69, 9.17) is 4.74 Å². The quantitative estimate of drug-likeness (QED) is 0.897. The summed E-state index contributed by atoms with van der Waals surface area (Å²) in [6.07, 6.45) is 5.12. The van der Waals surface area contributed by atoms with E-state index in [-0.39, 0.29) is 11.5 Å². The van der Waals surface area contributed by atoms with E-state index >= 15 is 0 Å². The Bertz CT molecular complexity index is 406. The number of aromatic nitrogens is 2. The van der Waals surface area contributed by atoms with E-state index < -0.39 is 0 Å². The van der Waals surface area contributed by atoms with Crippen LogP contribution in [0.3, 0.4) is 0 Å². The summed E-state index contributed by atoms with van der Waals surface area (Å²) in [5.41, 5.74) is 1.22. The lowest BCUT2D eigenvalue weighted by molar-refractivity contribution is 0.121. The number of methoxy groups -OCH3 is 1. The summed E-state index contributed by atoms with van der Waals surface area (Å²) < 4.78 is 4.96. The van der Waals surface area contributed by atoms with Gasteiger partial charge in [-0.3, -0.25) is 4.90 Å². The van der Waals surface area contributed by atoms with Crippen LogP contribution in [0.2, 0.25) is 0 Å². The summed E-state index contributed by atoms with van der Waals surface area (Å²) in [4.78, 5) is 10.6. The smallest absolute Gasteiger partial charge is 0.316 e. The molecule has 0 amide bonds. The van der Waals surface area contributed by atoms with Crippen LogP contribution in [0, 0.1) is 5.41 Å². The zero-order chi connectivity index (χ0) is 13.9. The van der Waals surface area contributed by atoms with Gasteiger partial charge in [0.05, 0.1) is 13.2 Å². The van der Waals surface area contributed by atoms with E-state index in [2.05, 4.69) is 28.7 Å². The highest BCUT2D eigenvalue weighted by molar-refractivity contribution is 5.07. The molecule has 1 aromatic rings. The Hall–Kier alpha value is -1.20. The van der Waals surface area contributed by atoms with Crippen LogP contribution >= 0.6 is 0 Å². The third kappa shape index (κ3) is 4.14. The van der Waals surface area contributed by atoms with Crippen molar-refractivity contribution in [1.82, 2.24) is 14.9 Å². The minimum Gasteiger partial charge on any atom is -0.467 e. The second-order valence-electron chi connectivity index (χ2n) is 6.10. The number of hydrogen-bond acceptors (Lipinski definition) is 5.